The molecule has 1 aromatic carbocycles. The summed E-state index contributed by atoms with van der Waals surface area (Å²) in [6.45, 7) is 0. The zero-order chi connectivity index (χ0) is 8.97. The van der Waals surface area contributed by atoms with Crippen LogP contribution >= 0.6 is 0 Å². The van der Waals surface area contributed by atoms with Crippen molar-refractivity contribution in [1.29, 1.82) is 0 Å². The molecule has 1 rings (SSSR count). The normalized spacial score (nSPS) is 11.8. The summed E-state index contributed by atoms with van der Waals surface area (Å²) >= 11 is -0.547. The summed E-state index contributed by atoms with van der Waals surface area (Å²) in [5.41, 5.74) is 0.652. The van der Waals surface area contributed by atoms with Crippen LogP contribution in [0.25, 0.3) is 0 Å². The van der Waals surface area contributed by atoms with Crippen molar-refractivity contribution in [3.63, 3.8) is 0 Å². The number of hydrogen-bond acceptors (Lipinski definition) is 2. The zero-order valence-electron chi connectivity index (χ0n) is 6.60. The number of rotatable bonds is 3. The molecule has 0 bridgehead atoms. The summed E-state index contributed by atoms with van der Waals surface area (Å²) < 4.78 is -0.166. The molecule has 1 atom stereocenters. The van der Waals surface area contributed by atoms with Crippen molar-refractivity contribution < 1.29 is 9.90 Å². The van der Waals surface area contributed by atoms with E-state index in [-0.39, 0.29) is 4.65 Å². The summed E-state index contributed by atoms with van der Waals surface area (Å²) in [6, 6.07) is 8.90. The topological polar surface area (TPSA) is 37.3 Å². The van der Waals surface area contributed by atoms with Crippen LogP contribution in [0.15, 0.2) is 30.3 Å². The van der Waals surface area contributed by atoms with Crippen molar-refractivity contribution in [2.24, 2.45) is 0 Å². The Bertz CT molecular complexity index is 282. The quantitative estimate of drug-likeness (QED) is 0.676. The number of carbonyl (C=O) groups excluding carboxylic acids is 1. The molecule has 0 saturated carbocycles. The molecule has 0 aliphatic heterocycles. The summed E-state index contributed by atoms with van der Waals surface area (Å²) in [5, 5.41) is 12.9. The molecule has 3 heteroatoms. The number of benzene rings is 1. The molecule has 2 nitrogen and oxygen atoms in total. The SMILES string of the molecule is [CH2]=[Al][C](=O)C(O)c1ccccc1. The van der Waals surface area contributed by atoms with Crippen molar-refractivity contribution in [3.8, 4) is 0 Å². The Morgan fingerprint density at radius 2 is 2.00 bits per heavy atom. The standard InChI is InChI=1S/C8H7O2.CH2.Al/c9-6-8(10)7-4-2-1-3-5-7;;/h1-5,8,10H;1H2;. The number of aliphatic hydroxyl groups is 1. The fourth-order valence-corrected chi connectivity index (χ4v) is 1.33. The average molecular weight is 176 g/mol. The van der Waals surface area contributed by atoms with Gasteiger partial charge in [0.15, 0.2) is 0 Å². The fraction of sp³-hybridized carbons (Fsp3) is 0.111. The molecule has 1 unspecified atom stereocenters. The Morgan fingerprint density at radius 1 is 1.42 bits per heavy atom. The predicted molar refractivity (Wildman–Crippen MR) is 49.3 cm³/mol. The van der Waals surface area contributed by atoms with E-state index < -0.39 is 20.9 Å². The van der Waals surface area contributed by atoms with E-state index >= 15 is 0 Å². The summed E-state index contributed by atoms with van der Waals surface area (Å²) in [4.78, 5) is 11.0. The molecule has 0 fully saturated rings. The number of carbonyl (C=O) groups is 1. The van der Waals surface area contributed by atoms with Crippen LogP contribution in [0.4, 0.5) is 0 Å². The van der Waals surface area contributed by atoms with E-state index in [4.69, 9.17) is 0 Å². The van der Waals surface area contributed by atoms with Gasteiger partial charge in [-0.15, -0.1) is 0 Å². The van der Waals surface area contributed by atoms with Gasteiger partial charge in [0.05, 0.1) is 0 Å². The van der Waals surface area contributed by atoms with E-state index in [1.54, 1.807) is 24.3 Å². The van der Waals surface area contributed by atoms with E-state index in [0.29, 0.717) is 5.56 Å². The van der Waals surface area contributed by atoms with Crippen LogP contribution in [0.1, 0.15) is 11.7 Å². The second kappa shape index (κ2) is 4.32. The molecule has 0 radical (unpaired) electrons. The van der Waals surface area contributed by atoms with E-state index in [2.05, 4.69) is 5.39 Å². The molecule has 1 aromatic rings. The molecular formula is C9H9AlO2. The van der Waals surface area contributed by atoms with E-state index in [1.165, 1.54) is 0 Å². The van der Waals surface area contributed by atoms with Gasteiger partial charge in [0, 0.05) is 0 Å². The number of hydrogen-bond donors (Lipinski definition) is 1. The molecule has 12 heavy (non-hydrogen) atoms. The molecule has 1 N–H and O–H groups in total. The third kappa shape index (κ3) is 2.12. The average Bonchev–Trinajstić information content (AvgIpc) is 2.17. The van der Waals surface area contributed by atoms with Crippen LogP contribution in [0.2, 0.25) is 0 Å². The molecule has 0 amide bonds. The summed E-state index contributed by atoms with van der Waals surface area (Å²) in [5.74, 6) is 0. The second-order valence-corrected chi connectivity index (χ2v) is 3.40. The Hall–Kier alpha value is -0.748. The monoisotopic (exact) mass is 176 g/mol. The first kappa shape index (κ1) is 9.34. The third-order valence-electron chi connectivity index (χ3n) is 1.59. The Morgan fingerprint density at radius 3 is 2.50 bits per heavy atom. The first-order valence-corrected chi connectivity index (χ1v) is 5.04. The Labute approximate surface area is 77.1 Å². The van der Waals surface area contributed by atoms with Gasteiger partial charge in [0.2, 0.25) is 0 Å². The van der Waals surface area contributed by atoms with Crippen molar-refractivity contribution in [2.45, 2.75) is 6.10 Å². The summed E-state index contributed by atoms with van der Waals surface area (Å²) in [7, 11) is 0. The Kier molecular flexibility index (Phi) is 3.36. The Balaban J connectivity index is 2.85. The van der Waals surface area contributed by atoms with Gasteiger partial charge in [-0.3, -0.25) is 0 Å². The van der Waals surface area contributed by atoms with Gasteiger partial charge in [-0.05, 0) is 0 Å². The van der Waals surface area contributed by atoms with Gasteiger partial charge < -0.3 is 0 Å². The van der Waals surface area contributed by atoms with Crippen LogP contribution in [0.3, 0.4) is 0 Å². The van der Waals surface area contributed by atoms with Gasteiger partial charge in [-0.25, -0.2) is 0 Å². The van der Waals surface area contributed by atoms with Gasteiger partial charge >= 0.3 is 76.7 Å². The van der Waals surface area contributed by atoms with E-state index in [9.17, 15) is 9.90 Å². The molecule has 0 heterocycles. The number of aliphatic hydroxyl groups excluding tert-OH is 1. The van der Waals surface area contributed by atoms with Crippen LogP contribution in [0, 0.1) is 0 Å². The van der Waals surface area contributed by atoms with Crippen LogP contribution in [0.5, 0.6) is 0 Å². The molecule has 0 saturated heterocycles. The maximum absolute atomic E-state index is 11.0. The molecule has 0 spiro atoms. The van der Waals surface area contributed by atoms with Crippen LogP contribution in [-0.2, 0) is 4.79 Å². The van der Waals surface area contributed by atoms with E-state index in [1.807, 2.05) is 6.07 Å². The third-order valence-corrected chi connectivity index (χ3v) is 2.30. The first-order chi connectivity index (χ1) is 5.75. The molecule has 60 valence electrons. The molecular weight excluding hydrogens is 167 g/mol. The predicted octanol–water partition coefficient (Wildman–Crippen LogP) is 0.383. The van der Waals surface area contributed by atoms with Crippen molar-refractivity contribution in [2.75, 3.05) is 0 Å². The van der Waals surface area contributed by atoms with Crippen molar-refractivity contribution in [3.05, 3.63) is 35.9 Å². The minimum absolute atomic E-state index is 0.166. The van der Waals surface area contributed by atoms with Gasteiger partial charge in [-0.2, -0.15) is 0 Å². The van der Waals surface area contributed by atoms with Crippen molar-refractivity contribution in [1.82, 2.24) is 0 Å². The molecule has 0 aliphatic carbocycles. The molecule has 0 aliphatic rings. The zero-order valence-corrected chi connectivity index (χ0v) is 7.76. The van der Waals surface area contributed by atoms with Crippen LogP contribution in [-0.4, -0.2) is 29.9 Å². The first-order valence-electron chi connectivity index (χ1n) is 3.65. The van der Waals surface area contributed by atoms with Crippen molar-refractivity contribution >= 4 is 24.8 Å². The molecule has 0 aromatic heterocycles. The van der Waals surface area contributed by atoms with Gasteiger partial charge in [-0.1, -0.05) is 0 Å². The van der Waals surface area contributed by atoms with Gasteiger partial charge in [0.1, 0.15) is 0 Å². The summed E-state index contributed by atoms with van der Waals surface area (Å²) in [6.07, 6.45) is -0.973. The van der Waals surface area contributed by atoms with E-state index in [0.717, 1.165) is 0 Å². The second-order valence-electron chi connectivity index (χ2n) is 2.42. The minimum atomic E-state index is -0.973. The fourth-order valence-electron chi connectivity index (χ4n) is 0.911. The van der Waals surface area contributed by atoms with Gasteiger partial charge in [0.25, 0.3) is 0 Å². The maximum atomic E-state index is 11.0. The van der Waals surface area contributed by atoms with Crippen LogP contribution < -0.4 is 0 Å².